The monoisotopic (exact) mass is 394 g/mol. The normalized spacial score (nSPS) is 11.8. The third-order valence-electron chi connectivity index (χ3n) is 4.66. The summed E-state index contributed by atoms with van der Waals surface area (Å²) in [6.07, 6.45) is 0.741. The molecule has 3 rings (SSSR count). The summed E-state index contributed by atoms with van der Waals surface area (Å²) in [5.41, 5.74) is 1.86. The number of hydrogen-bond acceptors (Lipinski definition) is 5. The van der Waals surface area contributed by atoms with E-state index in [1.54, 1.807) is 18.2 Å². The van der Waals surface area contributed by atoms with E-state index in [1.807, 2.05) is 43.3 Å². The van der Waals surface area contributed by atoms with Gasteiger partial charge in [-0.15, -0.1) is 0 Å². The molecule has 0 unspecified atom stereocenters. The van der Waals surface area contributed by atoms with Gasteiger partial charge in [0.1, 0.15) is 11.9 Å². The minimum absolute atomic E-state index is 0.102. The van der Waals surface area contributed by atoms with Crippen LogP contribution in [-0.4, -0.2) is 38.6 Å². The van der Waals surface area contributed by atoms with Gasteiger partial charge in [0, 0.05) is 24.5 Å². The van der Waals surface area contributed by atoms with Crippen molar-refractivity contribution in [3.8, 4) is 0 Å². The van der Waals surface area contributed by atoms with Crippen molar-refractivity contribution in [2.75, 3.05) is 11.9 Å². The van der Waals surface area contributed by atoms with Gasteiger partial charge in [-0.2, -0.15) is 0 Å². The lowest BCUT2D eigenvalue weighted by molar-refractivity contribution is -0.384. The van der Waals surface area contributed by atoms with Gasteiger partial charge in [0.25, 0.3) is 0 Å². The Kier molecular flexibility index (Phi) is 6.23. The van der Waals surface area contributed by atoms with E-state index in [2.05, 4.69) is 10.3 Å². The van der Waals surface area contributed by atoms with E-state index in [0.717, 1.165) is 5.56 Å². The van der Waals surface area contributed by atoms with Crippen molar-refractivity contribution in [1.82, 2.24) is 9.88 Å². The molecule has 3 aromatic rings. The van der Waals surface area contributed by atoms with Gasteiger partial charge in [-0.05, 0) is 25.0 Å². The molecule has 1 atom stereocenters. The first kappa shape index (κ1) is 20.1. The maximum Gasteiger partial charge on any atom is 0.407 e. The Bertz CT molecular complexity index is 1010. The molecule has 0 bridgehead atoms. The first-order chi connectivity index (χ1) is 14.0. The highest BCUT2D eigenvalue weighted by atomic mass is 16.6. The highest BCUT2D eigenvalue weighted by Crippen LogP contribution is 2.32. The zero-order valence-electron chi connectivity index (χ0n) is 16.0. The Morgan fingerprint density at radius 1 is 1.21 bits per heavy atom. The fourth-order valence-electron chi connectivity index (χ4n) is 3.14. The van der Waals surface area contributed by atoms with Gasteiger partial charge in [0.2, 0.25) is 0 Å². The van der Waals surface area contributed by atoms with Crippen molar-refractivity contribution in [1.29, 1.82) is 0 Å². The number of carboxylic acid groups (broad SMARTS) is 1. The van der Waals surface area contributed by atoms with Crippen LogP contribution in [-0.2, 0) is 6.54 Å². The van der Waals surface area contributed by atoms with Crippen molar-refractivity contribution in [3.63, 3.8) is 0 Å². The molecule has 8 heteroatoms. The van der Waals surface area contributed by atoms with Crippen LogP contribution in [0.5, 0.6) is 0 Å². The summed E-state index contributed by atoms with van der Waals surface area (Å²) in [5, 5.41) is 24.8. The molecule has 1 heterocycles. The Balaban J connectivity index is 1.73. The first-order valence-electron chi connectivity index (χ1n) is 9.26. The van der Waals surface area contributed by atoms with Gasteiger partial charge < -0.3 is 15.3 Å². The predicted octanol–water partition coefficient (Wildman–Crippen LogP) is 4.51. The molecule has 8 nitrogen and oxygen atoms in total. The zero-order chi connectivity index (χ0) is 20.8. The molecule has 150 valence electrons. The Hall–Kier alpha value is -3.68. The number of amides is 1. The number of nitrogens with zero attached hydrogens (tertiary/aromatic N) is 3. The largest absolute Gasteiger partial charge is 0.465 e. The van der Waals surface area contributed by atoms with Crippen LogP contribution >= 0.6 is 0 Å². The van der Waals surface area contributed by atoms with Crippen LogP contribution in [0.15, 0.2) is 60.8 Å². The molecule has 2 N–H and O–H groups in total. The predicted molar refractivity (Wildman–Crippen MR) is 111 cm³/mol. The summed E-state index contributed by atoms with van der Waals surface area (Å²) in [5.74, 6) is 0. The van der Waals surface area contributed by atoms with Gasteiger partial charge >= 0.3 is 11.8 Å². The number of rotatable bonds is 8. The van der Waals surface area contributed by atoms with E-state index in [1.165, 1.54) is 11.1 Å². The SMILES string of the molecule is C[C@H](CCN(Cc1ccccc1)C(=O)O)Nc1c([N+](=O)[O-])cnc2ccccc12. The number of para-hydroxylation sites is 1. The summed E-state index contributed by atoms with van der Waals surface area (Å²) >= 11 is 0. The van der Waals surface area contributed by atoms with E-state index in [9.17, 15) is 20.0 Å². The topological polar surface area (TPSA) is 109 Å². The van der Waals surface area contributed by atoms with Crippen molar-refractivity contribution in [3.05, 3.63) is 76.5 Å². The van der Waals surface area contributed by atoms with Crippen LogP contribution in [0.1, 0.15) is 18.9 Å². The molecule has 0 radical (unpaired) electrons. The molecule has 0 fully saturated rings. The van der Waals surface area contributed by atoms with Gasteiger partial charge in [-0.3, -0.25) is 10.1 Å². The van der Waals surface area contributed by atoms with Crippen LogP contribution in [0.2, 0.25) is 0 Å². The third kappa shape index (κ3) is 4.98. The number of pyridine rings is 1. The molecule has 0 aliphatic carbocycles. The summed E-state index contributed by atoms with van der Waals surface area (Å²) in [4.78, 5) is 28.1. The van der Waals surface area contributed by atoms with Crippen molar-refractivity contribution in [2.45, 2.75) is 25.9 Å². The molecule has 0 saturated carbocycles. The second-order valence-electron chi connectivity index (χ2n) is 6.82. The summed E-state index contributed by atoms with van der Waals surface area (Å²) < 4.78 is 0. The maximum absolute atomic E-state index is 11.6. The molecule has 0 aliphatic heterocycles. The minimum Gasteiger partial charge on any atom is -0.465 e. The Morgan fingerprint density at radius 3 is 2.59 bits per heavy atom. The number of fused-ring (bicyclic) bond motifs is 1. The van der Waals surface area contributed by atoms with Crippen molar-refractivity contribution < 1.29 is 14.8 Å². The van der Waals surface area contributed by atoms with E-state index in [0.29, 0.717) is 36.1 Å². The van der Waals surface area contributed by atoms with Gasteiger partial charge in [-0.25, -0.2) is 9.78 Å². The first-order valence-corrected chi connectivity index (χ1v) is 9.26. The highest BCUT2D eigenvalue weighted by Gasteiger charge is 2.20. The molecule has 1 amide bonds. The molecular formula is C21H22N4O4. The van der Waals surface area contributed by atoms with E-state index in [-0.39, 0.29) is 11.7 Å². The van der Waals surface area contributed by atoms with Crippen LogP contribution < -0.4 is 5.32 Å². The van der Waals surface area contributed by atoms with Crippen LogP contribution in [0.3, 0.4) is 0 Å². The van der Waals surface area contributed by atoms with E-state index >= 15 is 0 Å². The molecule has 0 spiro atoms. The number of benzene rings is 2. The fraction of sp³-hybridized carbons (Fsp3) is 0.238. The number of aromatic nitrogens is 1. The van der Waals surface area contributed by atoms with Crippen LogP contribution in [0.25, 0.3) is 10.9 Å². The standard InChI is InChI=1S/C21H22N4O4/c1-15(11-12-24(21(26)27)14-16-7-3-2-4-8-16)23-20-17-9-5-6-10-18(17)22-13-19(20)25(28)29/h2-10,13,15H,11-12,14H2,1H3,(H,22,23)(H,26,27)/t15-/m1/s1. The smallest absolute Gasteiger partial charge is 0.407 e. The van der Waals surface area contributed by atoms with Crippen molar-refractivity contribution in [2.24, 2.45) is 0 Å². The lowest BCUT2D eigenvalue weighted by Crippen LogP contribution is -2.32. The molecular weight excluding hydrogens is 372 g/mol. The Labute approximate surface area is 167 Å². The molecule has 2 aromatic carbocycles. The lowest BCUT2D eigenvalue weighted by atomic mass is 10.1. The molecule has 1 aromatic heterocycles. The molecule has 29 heavy (non-hydrogen) atoms. The zero-order valence-corrected chi connectivity index (χ0v) is 16.0. The quantitative estimate of drug-likeness (QED) is 0.430. The van der Waals surface area contributed by atoms with E-state index in [4.69, 9.17) is 0 Å². The average Bonchev–Trinajstić information content (AvgIpc) is 2.71. The van der Waals surface area contributed by atoms with E-state index < -0.39 is 11.0 Å². The number of carbonyl (C=O) groups is 1. The van der Waals surface area contributed by atoms with Gasteiger partial charge in [0.15, 0.2) is 0 Å². The van der Waals surface area contributed by atoms with Crippen molar-refractivity contribution >= 4 is 28.4 Å². The van der Waals surface area contributed by atoms with Crippen LogP contribution in [0, 0.1) is 10.1 Å². The lowest BCUT2D eigenvalue weighted by Gasteiger charge is -2.23. The molecule has 0 saturated heterocycles. The second-order valence-corrected chi connectivity index (χ2v) is 6.82. The summed E-state index contributed by atoms with van der Waals surface area (Å²) in [6, 6.07) is 16.4. The minimum atomic E-state index is -0.999. The van der Waals surface area contributed by atoms with Gasteiger partial charge in [-0.1, -0.05) is 48.5 Å². The number of nitrogens with one attached hydrogen (secondary N) is 1. The summed E-state index contributed by atoms with van der Waals surface area (Å²) in [6.45, 7) is 2.47. The second kappa shape index (κ2) is 9.01. The Morgan fingerprint density at radius 2 is 1.90 bits per heavy atom. The number of nitro groups is 1. The summed E-state index contributed by atoms with van der Waals surface area (Å²) in [7, 11) is 0. The van der Waals surface area contributed by atoms with Crippen LogP contribution in [0.4, 0.5) is 16.2 Å². The maximum atomic E-state index is 11.6. The third-order valence-corrected chi connectivity index (χ3v) is 4.66. The molecule has 0 aliphatic rings. The average molecular weight is 394 g/mol. The number of hydrogen-bond donors (Lipinski definition) is 2. The van der Waals surface area contributed by atoms with Gasteiger partial charge in [0.05, 0.1) is 10.4 Å². The fourth-order valence-corrected chi connectivity index (χ4v) is 3.14. The highest BCUT2D eigenvalue weighted by molar-refractivity contribution is 5.95. The number of anilines is 1.